The van der Waals surface area contributed by atoms with E-state index in [1.165, 1.54) is 26.1 Å². The number of hydrogen-bond acceptors (Lipinski definition) is 3. The van der Waals surface area contributed by atoms with Crippen molar-refractivity contribution >= 4 is 17.2 Å². The summed E-state index contributed by atoms with van der Waals surface area (Å²) in [7, 11) is 1.25. The number of amides is 1. The molecular formula is C16H14F6N2OS. The number of benzene rings is 1. The molecule has 0 atom stereocenters. The largest absolute Gasteiger partial charge is 0.416 e. The molecule has 0 aliphatic heterocycles. The Hall–Kier alpha value is -2.10. The first-order valence-corrected chi connectivity index (χ1v) is 8.17. The van der Waals surface area contributed by atoms with Crippen LogP contribution in [-0.2, 0) is 6.18 Å². The molecule has 26 heavy (non-hydrogen) atoms. The van der Waals surface area contributed by atoms with E-state index < -0.39 is 36.8 Å². The number of thiazole rings is 1. The van der Waals surface area contributed by atoms with Crippen molar-refractivity contribution in [1.29, 1.82) is 0 Å². The third kappa shape index (κ3) is 4.96. The van der Waals surface area contributed by atoms with Crippen LogP contribution in [0.15, 0.2) is 24.3 Å². The maximum absolute atomic E-state index is 12.6. The van der Waals surface area contributed by atoms with Crippen molar-refractivity contribution in [2.24, 2.45) is 0 Å². The van der Waals surface area contributed by atoms with Crippen molar-refractivity contribution in [2.45, 2.75) is 25.7 Å². The normalized spacial score (nSPS) is 12.3. The molecule has 0 unspecified atom stereocenters. The number of hydrogen-bond donors (Lipinski definition) is 0. The van der Waals surface area contributed by atoms with E-state index in [4.69, 9.17) is 0 Å². The quantitative estimate of drug-likeness (QED) is 0.669. The lowest BCUT2D eigenvalue weighted by atomic mass is 10.1. The summed E-state index contributed by atoms with van der Waals surface area (Å²) in [4.78, 5) is 17.6. The predicted octanol–water partition coefficient (Wildman–Crippen LogP) is 5.16. The predicted molar refractivity (Wildman–Crippen MR) is 84.9 cm³/mol. The SMILES string of the molecule is Cc1nc(-c2ccc(C(F)(F)F)cc2)sc1C(=O)N(C)CCC(F)(F)F. The van der Waals surface area contributed by atoms with Gasteiger partial charge in [0.15, 0.2) is 0 Å². The van der Waals surface area contributed by atoms with E-state index in [1.807, 2.05) is 0 Å². The number of carbonyl (C=O) groups excluding carboxylic acids is 1. The van der Waals surface area contributed by atoms with Gasteiger partial charge in [-0.25, -0.2) is 4.98 Å². The van der Waals surface area contributed by atoms with Gasteiger partial charge in [-0.15, -0.1) is 11.3 Å². The Kier molecular flexibility index (Phi) is 5.64. The van der Waals surface area contributed by atoms with Crippen LogP contribution in [0.2, 0.25) is 0 Å². The highest BCUT2D eigenvalue weighted by atomic mass is 32.1. The van der Waals surface area contributed by atoms with Crippen LogP contribution >= 0.6 is 11.3 Å². The maximum Gasteiger partial charge on any atom is 0.416 e. The molecular weight excluding hydrogens is 382 g/mol. The number of nitrogens with zero attached hydrogens (tertiary/aromatic N) is 2. The number of alkyl halides is 6. The van der Waals surface area contributed by atoms with Crippen molar-refractivity contribution in [2.75, 3.05) is 13.6 Å². The molecule has 0 spiro atoms. The van der Waals surface area contributed by atoms with Gasteiger partial charge in [0.25, 0.3) is 5.91 Å². The molecule has 1 heterocycles. The van der Waals surface area contributed by atoms with Gasteiger partial charge in [-0.05, 0) is 19.1 Å². The minimum Gasteiger partial charge on any atom is -0.341 e. The minimum absolute atomic E-state index is 0.157. The van der Waals surface area contributed by atoms with Crippen LogP contribution < -0.4 is 0 Å². The third-order valence-electron chi connectivity index (χ3n) is 3.53. The molecule has 0 N–H and O–H groups in total. The molecule has 142 valence electrons. The molecule has 3 nitrogen and oxygen atoms in total. The number of carbonyl (C=O) groups is 1. The molecule has 0 saturated heterocycles. The highest BCUT2D eigenvalue weighted by molar-refractivity contribution is 7.17. The molecule has 1 aromatic heterocycles. The fourth-order valence-electron chi connectivity index (χ4n) is 2.09. The van der Waals surface area contributed by atoms with Gasteiger partial charge in [0.1, 0.15) is 9.88 Å². The van der Waals surface area contributed by atoms with Gasteiger partial charge in [-0.2, -0.15) is 26.3 Å². The zero-order valence-electron chi connectivity index (χ0n) is 13.7. The van der Waals surface area contributed by atoms with E-state index in [-0.39, 0.29) is 4.88 Å². The first kappa shape index (κ1) is 20.2. The zero-order valence-corrected chi connectivity index (χ0v) is 14.5. The zero-order chi connectivity index (χ0) is 19.7. The first-order chi connectivity index (χ1) is 11.9. The van der Waals surface area contributed by atoms with Crippen molar-refractivity contribution in [1.82, 2.24) is 9.88 Å². The van der Waals surface area contributed by atoms with E-state index in [2.05, 4.69) is 4.98 Å². The summed E-state index contributed by atoms with van der Waals surface area (Å²) in [5, 5.41) is 0.323. The smallest absolute Gasteiger partial charge is 0.341 e. The summed E-state index contributed by atoms with van der Waals surface area (Å²) in [5.41, 5.74) is -0.102. The third-order valence-corrected chi connectivity index (χ3v) is 4.72. The van der Waals surface area contributed by atoms with E-state index in [9.17, 15) is 31.1 Å². The molecule has 2 rings (SSSR count). The molecule has 0 saturated carbocycles. The minimum atomic E-state index is -4.46. The summed E-state index contributed by atoms with van der Waals surface area (Å²) >= 11 is 0.931. The molecule has 10 heteroatoms. The Morgan fingerprint density at radius 2 is 1.69 bits per heavy atom. The highest BCUT2D eigenvalue weighted by Gasteiger charge is 2.31. The number of aryl methyl sites for hydroxylation is 1. The van der Waals surface area contributed by atoms with Crippen LogP contribution in [0.25, 0.3) is 10.6 Å². The van der Waals surface area contributed by atoms with Crippen LogP contribution in [0, 0.1) is 6.92 Å². The van der Waals surface area contributed by atoms with Gasteiger partial charge in [0.2, 0.25) is 0 Å². The number of aromatic nitrogens is 1. The van der Waals surface area contributed by atoms with Crippen molar-refractivity contribution in [3.8, 4) is 10.6 Å². The monoisotopic (exact) mass is 396 g/mol. The highest BCUT2D eigenvalue weighted by Crippen LogP contribution is 2.33. The van der Waals surface area contributed by atoms with Gasteiger partial charge in [0, 0.05) is 19.2 Å². The fraction of sp³-hybridized carbons (Fsp3) is 0.375. The molecule has 1 aromatic carbocycles. The van der Waals surface area contributed by atoms with Crippen molar-refractivity contribution < 1.29 is 31.1 Å². The van der Waals surface area contributed by atoms with E-state index in [0.717, 1.165) is 28.4 Å². The Morgan fingerprint density at radius 3 is 2.19 bits per heavy atom. The van der Waals surface area contributed by atoms with Crippen LogP contribution in [-0.4, -0.2) is 35.6 Å². The molecule has 0 aliphatic rings. The lowest BCUT2D eigenvalue weighted by Gasteiger charge is -2.17. The Labute approximate surface area is 149 Å². The van der Waals surface area contributed by atoms with E-state index in [0.29, 0.717) is 16.3 Å². The Morgan fingerprint density at radius 1 is 1.12 bits per heavy atom. The molecule has 1 amide bonds. The average Bonchev–Trinajstić information content (AvgIpc) is 2.92. The topological polar surface area (TPSA) is 33.2 Å². The van der Waals surface area contributed by atoms with Crippen LogP contribution in [0.4, 0.5) is 26.3 Å². The Bertz CT molecular complexity index is 780. The van der Waals surface area contributed by atoms with Gasteiger partial charge < -0.3 is 4.90 Å². The lowest BCUT2D eigenvalue weighted by molar-refractivity contribution is -0.138. The second kappa shape index (κ2) is 7.26. The first-order valence-electron chi connectivity index (χ1n) is 7.36. The van der Waals surface area contributed by atoms with Gasteiger partial charge in [0.05, 0.1) is 17.7 Å². The molecule has 2 aromatic rings. The number of rotatable bonds is 4. The second-order valence-electron chi connectivity index (χ2n) is 5.60. The van der Waals surface area contributed by atoms with E-state index in [1.54, 1.807) is 0 Å². The van der Waals surface area contributed by atoms with E-state index >= 15 is 0 Å². The molecule has 0 bridgehead atoms. The molecule has 0 fully saturated rings. The van der Waals surface area contributed by atoms with Crippen LogP contribution in [0.1, 0.15) is 27.3 Å². The van der Waals surface area contributed by atoms with Gasteiger partial charge in [-0.1, -0.05) is 12.1 Å². The van der Waals surface area contributed by atoms with Gasteiger partial charge in [-0.3, -0.25) is 4.79 Å². The van der Waals surface area contributed by atoms with Crippen LogP contribution in [0.3, 0.4) is 0 Å². The molecule has 0 radical (unpaired) electrons. The summed E-state index contributed by atoms with van der Waals surface area (Å²) in [6.45, 7) is 1.03. The van der Waals surface area contributed by atoms with Crippen LogP contribution in [0.5, 0.6) is 0 Å². The summed E-state index contributed by atoms with van der Waals surface area (Å²) in [6, 6.07) is 4.29. The summed E-state index contributed by atoms with van der Waals surface area (Å²) in [5.74, 6) is -0.609. The second-order valence-corrected chi connectivity index (χ2v) is 6.60. The van der Waals surface area contributed by atoms with Crippen molar-refractivity contribution in [3.63, 3.8) is 0 Å². The standard InChI is InChI=1S/C16H14F6N2OS/c1-9-12(14(25)24(2)8-7-15(17,18)19)26-13(23-9)10-3-5-11(6-4-10)16(20,21)22/h3-6H,7-8H2,1-2H3. The van der Waals surface area contributed by atoms with Gasteiger partial charge >= 0.3 is 12.4 Å². The number of halogens is 6. The average molecular weight is 396 g/mol. The fourth-order valence-corrected chi connectivity index (χ4v) is 3.16. The van der Waals surface area contributed by atoms with Crippen molar-refractivity contribution in [3.05, 3.63) is 40.4 Å². The molecule has 0 aliphatic carbocycles. The lowest BCUT2D eigenvalue weighted by Crippen LogP contribution is -2.30. The maximum atomic E-state index is 12.6. The summed E-state index contributed by atoms with van der Waals surface area (Å²) in [6.07, 6.45) is -9.96. The summed E-state index contributed by atoms with van der Waals surface area (Å²) < 4.78 is 74.6. The Balaban J connectivity index is 2.19.